The molecule has 0 amide bonds. The van der Waals surface area contributed by atoms with Gasteiger partial charge in [-0.3, -0.25) is 0 Å². The van der Waals surface area contributed by atoms with Crippen molar-refractivity contribution in [3.8, 4) is 0 Å². The summed E-state index contributed by atoms with van der Waals surface area (Å²) in [6, 6.07) is -0.350. The van der Waals surface area contributed by atoms with Crippen LogP contribution in [0.15, 0.2) is 0 Å². The van der Waals surface area contributed by atoms with Crippen LogP contribution in [0.25, 0.3) is 0 Å². The molecule has 1 heterocycles. The first kappa shape index (κ1) is 3.05. The lowest BCUT2D eigenvalue weighted by atomic mass is 10.2. The van der Waals surface area contributed by atoms with Crippen molar-refractivity contribution in [2.24, 2.45) is 0 Å². The van der Waals surface area contributed by atoms with Gasteiger partial charge in [0.15, 0.2) is 0 Å². The van der Waals surface area contributed by atoms with Crippen LogP contribution in [0.1, 0.15) is 15.6 Å². The zero-order valence-electron chi connectivity index (χ0n) is 6.15. The van der Waals surface area contributed by atoms with Crippen LogP contribution in [-0.2, 0) is 0 Å². The average Bonchev–Trinajstić information content (AvgIpc) is 2.08. The van der Waals surface area contributed by atoms with Crippen molar-refractivity contribution in [3.05, 3.63) is 0 Å². The molecule has 0 aromatic heterocycles. The topological polar surface area (TPSA) is 32.3 Å². The number of aliphatic hydroxyl groups is 1. The first-order valence-electron chi connectivity index (χ1n) is 3.56. The van der Waals surface area contributed by atoms with Crippen molar-refractivity contribution < 1.29 is 7.85 Å². The lowest BCUT2D eigenvalue weighted by Crippen LogP contribution is -2.24. The highest BCUT2D eigenvalue weighted by atomic mass is 16.3. The highest BCUT2D eigenvalue weighted by molar-refractivity contribution is 4.71. The second-order valence-electron chi connectivity index (χ2n) is 1.78. The minimum absolute atomic E-state index is 0.350. The summed E-state index contributed by atoms with van der Waals surface area (Å²) in [6.07, 6.45) is 1.70. The Balaban J connectivity index is 2.42. The molecular weight excluding hydrogens is 90.1 g/mol. The molecule has 2 nitrogen and oxygen atoms in total. The zero-order valence-corrected chi connectivity index (χ0v) is 4.15. The maximum absolute atomic E-state index is 8.79. The Kier molecular flexibility index (Phi) is 0.995. The fourth-order valence-corrected chi connectivity index (χ4v) is 0.795. The molecule has 1 unspecified atom stereocenters. The van der Waals surface area contributed by atoms with Crippen LogP contribution in [0.4, 0.5) is 0 Å². The van der Waals surface area contributed by atoms with Crippen LogP contribution in [0, 0.1) is 0 Å². The predicted molar refractivity (Wildman–Crippen MR) is 28.1 cm³/mol. The van der Waals surface area contributed by atoms with Crippen molar-refractivity contribution in [2.45, 2.75) is 18.9 Å². The highest BCUT2D eigenvalue weighted by Gasteiger charge is 2.10. The number of rotatable bonds is 1. The minimum atomic E-state index is -2.03. The van der Waals surface area contributed by atoms with Crippen molar-refractivity contribution in [1.82, 2.24) is 5.32 Å². The molecular formula is C5H11NO. The predicted octanol–water partition coefficient (Wildman–Crippen LogP) is -0.269. The second-order valence-corrected chi connectivity index (χ2v) is 1.78. The van der Waals surface area contributed by atoms with E-state index in [9.17, 15) is 0 Å². The van der Waals surface area contributed by atoms with Crippen molar-refractivity contribution >= 4 is 0 Å². The molecule has 0 aliphatic carbocycles. The van der Waals surface area contributed by atoms with Gasteiger partial charge in [-0.05, 0) is 19.4 Å². The van der Waals surface area contributed by atoms with Crippen LogP contribution in [-0.4, -0.2) is 24.3 Å². The Bertz CT molecular complexity index is 95.6. The maximum atomic E-state index is 8.79. The summed E-state index contributed by atoms with van der Waals surface area (Å²) in [6.45, 7) is -1.21. The van der Waals surface area contributed by atoms with E-state index in [4.69, 9.17) is 7.85 Å². The lowest BCUT2D eigenvalue weighted by molar-refractivity contribution is 0.255. The zero-order chi connectivity index (χ0) is 6.91. The maximum Gasteiger partial charge on any atom is 0.0584 e. The lowest BCUT2D eigenvalue weighted by Gasteiger charge is -2.01. The smallest absolute Gasteiger partial charge is 0.0584 e. The Morgan fingerprint density at radius 1 is 2.00 bits per heavy atom. The Morgan fingerprint density at radius 3 is 3.14 bits per heavy atom. The Labute approximate surface area is 46.3 Å². The van der Waals surface area contributed by atoms with E-state index in [0.29, 0.717) is 0 Å². The van der Waals surface area contributed by atoms with Crippen LogP contribution < -0.4 is 5.32 Å². The summed E-state index contributed by atoms with van der Waals surface area (Å²) in [5.74, 6) is 0. The van der Waals surface area contributed by atoms with E-state index in [1.165, 1.54) is 0 Å². The van der Waals surface area contributed by atoms with Gasteiger partial charge in [0.1, 0.15) is 0 Å². The van der Waals surface area contributed by atoms with Gasteiger partial charge in [-0.15, -0.1) is 0 Å². The Hall–Kier alpha value is -0.0800. The number of hydrogen-bond donors (Lipinski definition) is 2. The number of nitrogens with one attached hydrogen (secondary N) is 1. The van der Waals surface area contributed by atoms with Crippen molar-refractivity contribution in [3.63, 3.8) is 0 Å². The summed E-state index contributed by atoms with van der Waals surface area (Å²) in [7, 11) is 0. The summed E-state index contributed by atoms with van der Waals surface area (Å²) in [5.41, 5.74) is 0. The summed E-state index contributed by atoms with van der Waals surface area (Å²) in [5, 5.41) is 11.7. The molecule has 1 aliphatic rings. The summed E-state index contributed by atoms with van der Waals surface area (Å²) in [4.78, 5) is 0. The average molecular weight is 103 g/mol. The molecule has 2 heteroatoms. The molecule has 2 N–H and O–H groups in total. The third-order valence-electron chi connectivity index (χ3n) is 1.22. The van der Waals surface area contributed by atoms with E-state index in [2.05, 4.69) is 5.32 Å². The van der Waals surface area contributed by atoms with E-state index in [-0.39, 0.29) is 6.04 Å². The molecule has 42 valence electrons. The van der Waals surface area contributed by atoms with Gasteiger partial charge < -0.3 is 10.4 Å². The molecule has 0 spiro atoms. The Morgan fingerprint density at radius 2 is 2.86 bits per heavy atom. The summed E-state index contributed by atoms with van der Waals surface area (Å²) < 4.78 is 13.8. The van der Waals surface area contributed by atoms with E-state index < -0.39 is 6.56 Å². The molecule has 7 heavy (non-hydrogen) atoms. The second kappa shape index (κ2) is 2.28. The van der Waals surface area contributed by atoms with Gasteiger partial charge in [0.2, 0.25) is 0 Å². The first-order valence-corrected chi connectivity index (χ1v) is 2.56. The van der Waals surface area contributed by atoms with Crippen LogP contribution in [0.3, 0.4) is 0 Å². The normalized spacial score (nSPS) is 37.6. The van der Waals surface area contributed by atoms with Gasteiger partial charge >= 0.3 is 0 Å². The van der Waals surface area contributed by atoms with Crippen LogP contribution in [0.5, 0.6) is 0 Å². The molecule has 0 aromatic carbocycles. The van der Waals surface area contributed by atoms with Gasteiger partial charge in [0.05, 0.1) is 9.30 Å². The van der Waals surface area contributed by atoms with Gasteiger partial charge in [-0.25, -0.2) is 0 Å². The van der Waals surface area contributed by atoms with Gasteiger partial charge in [0, 0.05) is 6.04 Å². The quantitative estimate of drug-likeness (QED) is 0.479. The summed E-state index contributed by atoms with van der Waals surface area (Å²) >= 11 is 0. The fraction of sp³-hybridized carbons (Fsp3) is 1.00. The van der Waals surface area contributed by atoms with Gasteiger partial charge in [-0.2, -0.15) is 0 Å². The van der Waals surface area contributed by atoms with Crippen molar-refractivity contribution in [1.29, 1.82) is 0 Å². The molecule has 0 bridgehead atoms. The molecule has 0 radical (unpaired) electrons. The standard InChI is InChI=1S/C5H11NO/c7-4-5-2-1-3-6-5/h5-7H,1-4H2/i4D2. The molecule has 0 aromatic rings. The van der Waals surface area contributed by atoms with Gasteiger partial charge in [0.25, 0.3) is 0 Å². The number of hydrogen-bond acceptors (Lipinski definition) is 2. The molecule has 1 fully saturated rings. The van der Waals surface area contributed by atoms with E-state index >= 15 is 0 Å². The third-order valence-corrected chi connectivity index (χ3v) is 1.22. The minimum Gasteiger partial charge on any atom is -0.395 e. The van der Waals surface area contributed by atoms with E-state index in [0.717, 1.165) is 19.4 Å². The van der Waals surface area contributed by atoms with E-state index in [1.54, 1.807) is 0 Å². The molecule has 1 aliphatic heterocycles. The monoisotopic (exact) mass is 103 g/mol. The SMILES string of the molecule is [2H]C([2H])(O)C1CCCN1. The molecule has 0 saturated carbocycles. The van der Waals surface area contributed by atoms with Crippen LogP contribution >= 0.6 is 0 Å². The molecule has 1 atom stereocenters. The molecule has 1 rings (SSSR count). The first-order chi connectivity index (χ1) is 4.11. The van der Waals surface area contributed by atoms with Crippen LogP contribution in [0.2, 0.25) is 0 Å². The fourth-order valence-electron chi connectivity index (χ4n) is 0.795. The third kappa shape index (κ3) is 1.14. The largest absolute Gasteiger partial charge is 0.395 e. The van der Waals surface area contributed by atoms with Crippen molar-refractivity contribution in [2.75, 3.05) is 13.1 Å². The molecule has 1 saturated heterocycles. The van der Waals surface area contributed by atoms with Gasteiger partial charge in [-0.1, -0.05) is 0 Å². The highest BCUT2D eigenvalue weighted by Crippen LogP contribution is 2.02. The van der Waals surface area contributed by atoms with E-state index in [1.807, 2.05) is 0 Å².